The molecule has 8 nitrogen and oxygen atoms in total. The molecule has 0 saturated heterocycles. The number of sulfonamides is 1. The predicted molar refractivity (Wildman–Crippen MR) is 114 cm³/mol. The summed E-state index contributed by atoms with van der Waals surface area (Å²) < 4.78 is 32.3. The summed E-state index contributed by atoms with van der Waals surface area (Å²) in [6.07, 6.45) is 9.38. The number of nitrogens with zero attached hydrogens (tertiary/aromatic N) is 5. The molecule has 0 radical (unpaired) electrons. The lowest BCUT2D eigenvalue weighted by atomic mass is 10.1. The third kappa shape index (κ3) is 3.24. The molecule has 154 valence electrons. The number of aromatic nitrogens is 5. The molecular formula is C21H22N6O2S. The van der Waals surface area contributed by atoms with Crippen molar-refractivity contribution in [2.24, 2.45) is 7.05 Å². The van der Waals surface area contributed by atoms with Gasteiger partial charge in [0.25, 0.3) is 10.0 Å². The van der Waals surface area contributed by atoms with Gasteiger partial charge in [-0.2, -0.15) is 10.2 Å². The topological polar surface area (TPSA) is 94.7 Å². The van der Waals surface area contributed by atoms with Gasteiger partial charge < -0.3 is 0 Å². The highest BCUT2D eigenvalue weighted by molar-refractivity contribution is 7.92. The maximum absolute atomic E-state index is 13.2. The number of pyridine rings is 1. The molecule has 0 amide bonds. The molecule has 1 N–H and O–H groups in total. The zero-order chi connectivity index (χ0) is 20.9. The number of hydrogen-bond donors (Lipinski definition) is 1. The van der Waals surface area contributed by atoms with E-state index in [1.54, 1.807) is 24.1 Å². The Labute approximate surface area is 174 Å². The Morgan fingerprint density at radius 2 is 2.00 bits per heavy atom. The molecule has 1 fully saturated rings. The average molecular weight is 423 g/mol. The Morgan fingerprint density at radius 1 is 1.17 bits per heavy atom. The van der Waals surface area contributed by atoms with E-state index >= 15 is 0 Å². The van der Waals surface area contributed by atoms with Crippen LogP contribution in [0.5, 0.6) is 0 Å². The third-order valence-electron chi connectivity index (χ3n) is 5.53. The van der Waals surface area contributed by atoms with Crippen molar-refractivity contribution in [2.45, 2.75) is 37.0 Å². The maximum Gasteiger partial charge on any atom is 0.265 e. The van der Waals surface area contributed by atoms with E-state index < -0.39 is 10.0 Å². The monoisotopic (exact) mass is 422 g/mol. The number of rotatable bonds is 6. The van der Waals surface area contributed by atoms with Crippen LogP contribution in [-0.4, -0.2) is 33.0 Å². The first-order chi connectivity index (χ1) is 14.5. The number of aryl methyl sites for hydroxylation is 2. The molecule has 0 atom stereocenters. The van der Waals surface area contributed by atoms with Crippen LogP contribution in [0, 0.1) is 0 Å². The molecule has 4 aromatic rings. The number of anilines is 1. The van der Waals surface area contributed by atoms with Crippen LogP contribution < -0.4 is 4.72 Å². The van der Waals surface area contributed by atoms with Gasteiger partial charge in [0, 0.05) is 18.6 Å². The summed E-state index contributed by atoms with van der Waals surface area (Å²) in [4.78, 5) is 4.43. The zero-order valence-electron chi connectivity index (χ0n) is 16.8. The second-order valence-electron chi connectivity index (χ2n) is 7.61. The Hall–Kier alpha value is -3.20. The Kier molecular flexibility index (Phi) is 4.35. The first-order valence-corrected chi connectivity index (χ1v) is 11.4. The lowest BCUT2D eigenvalue weighted by molar-refractivity contribution is 0.601. The van der Waals surface area contributed by atoms with E-state index in [4.69, 9.17) is 0 Å². The van der Waals surface area contributed by atoms with Crippen molar-refractivity contribution < 1.29 is 8.42 Å². The molecule has 3 heterocycles. The minimum atomic E-state index is -3.84. The van der Waals surface area contributed by atoms with E-state index in [9.17, 15) is 8.42 Å². The summed E-state index contributed by atoms with van der Waals surface area (Å²) in [7, 11) is -2.03. The van der Waals surface area contributed by atoms with Crippen molar-refractivity contribution in [1.29, 1.82) is 0 Å². The van der Waals surface area contributed by atoms with Crippen LogP contribution in [0.15, 0.2) is 53.9 Å². The molecule has 30 heavy (non-hydrogen) atoms. The van der Waals surface area contributed by atoms with Gasteiger partial charge in [-0.1, -0.05) is 19.1 Å². The fourth-order valence-corrected chi connectivity index (χ4v) is 4.75. The van der Waals surface area contributed by atoms with E-state index in [0.717, 1.165) is 16.5 Å². The normalized spacial score (nSPS) is 14.3. The average Bonchev–Trinajstić information content (AvgIpc) is 3.34. The highest BCUT2D eigenvalue weighted by atomic mass is 32.2. The van der Waals surface area contributed by atoms with Crippen LogP contribution in [0.4, 0.5) is 5.69 Å². The molecule has 0 spiro atoms. The van der Waals surface area contributed by atoms with E-state index in [2.05, 4.69) is 19.9 Å². The largest absolute Gasteiger partial charge is 0.277 e. The van der Waals surface area contributed by atoms with Gasteiger partial charge in [-0.15, -0.1) is 0 Å². The highest BCUT2D eigenvalue weighted by Crippen LogP contribution is 2.40. The molecule has 9 heteroatoms. The van der Waals surface area contributed by atoms with Gasteiger partial charge in [0.15, 0.2) is 5.82 Å². The van der Waals surface area contributed by atoms with Gasteiger partial charge >= 0.3 is 0 Å². The first kappa shape index (κ1) is 18.8. The van der Waals surface area contributed by atoms with E-state index in [-0.39, 0.29) is 4.90 Å². The lowest BCUT2D eigenvalue weighted by Crippen LogP contribution is -2.15. The van der Waals surface area contributed by atoms with Gasteiger partial charge in [-0.3, -0.25) is 9.40 Å². The molecule has 0 bridgehead atoms. The molecule has 1 aliphatic rings. The number of fused-ring (bicyclic) bond motifs is 1. The van der Waals surface area contributed by atoms with Gasteiger partial charge in [0.05, 0.1) is 29.8 Å². The van der Waals surface area contributed by atoms with E-state index in [1.807, 2.05) is 31.2 Å². The predicted octanol–water partition coefficient (Wildman–Crippen LogP) is 3.39. The van der Waals surface area contributed by atoms with Crippen molar-refractivity contribution >= 4 is 26.6 Å². The number of hydrogen-bond acceptors (Lipinski definition) is 5. The van der Waals surface area contributed by atoms with Crippen LogP contribution in [0.2, 0.25) is 0 Å². The number of nitrogens with one attached hydrogen (secondary N) is 1. The van der Waals surface area contributed by atoms with Crippen molar-refractivity contribution in [3.05, 3.63) is 60.2 Å². The Bertz CT molecular complexity index is 1350. The summed E-state index contributed by atoms with van der Waals surface area (Å²) in [6, 6.07) is 7.86. The summed E-state index contributed by atoms with van der Waals surface area (Å²) in [6.45, 7) is 1.99. The minimum Gasteiger partial charge on any atom is -0.277 e. The standard InChI is InChI=1S/C21H22N6O2S/c1-3-14-4-7-17-11-23-26(2)21(17)20(14)25-30(28,29)18-12-24-27(13-18)19-10-16(8-9-22-19)15-5-6-15/h4,7-13,15,25H,3,5-6H2,1-2H3. The molecule has 1 aromatic carbocycles. The SMILES string of the molecule is CCc1ccc2cnn(C)c2c1NS(=O)(=O)c1cnn(-c2cc(C3CC3)ccn2)c1. The molecule has 0 aliphatic heterocycles. The summed E-state index contributed by atoms with van der Waals surface area (Å²) in [5.74, 6) is 1.20. The van der Waals surface area contributed by atoms with Crippen molar-refractivity contribution in [1.82, 2.24) is 24.5 Å². The molecule has 1 saturated carbocycles. The third-order valence-corrected chi connectivity index (χ3v) is 6.83. The first-order valence-electron chi connectivity index (χ1n) is 9.93. The van der Waals surface area contributed by atoms with Crippen LogP contribution in [-0.2, 0) is 23.5 Å². The summed E-state index contributed by atoms with van der Waals surface area (Å²) in [5.41, 5.74) is 3.43. The fourth-order valence-electron chi connectivity index (χ4n) is 3.71. The van der Waals surface area contributed by atoms with Crippen LogP contribution in [0.3, 0.4) is 0 Å². The smallest absolute Gasteiger partial charge is 0.265 e. The second-order valence-corrected chi connectivity index (χ2v) is 9.29. The summed E-state index contributed by atoms with van der Waals surface area (Å²) in [5, 5.41) is 9.39. The fraction of sp³-hybridized carbons (Fsp3) is 0.286. The number of benzene rings is 1. The maximum atomic E-state index is 13.2. The van der Waals surface area contributed by atoms with E-state index in [1.165, 1.54) is 35.5 Å². The molecular weight excluding hydrogens is 400 g/mol. The zero-order valence-corrected chi connectivity index (χ0v) is 17.6. The van der Waals surface area contributed by atoms with Crippen molar-refractivity contribution in [3.63, 3.8) is 0 Å². The molecule has 0 unspecified atom stereocenters. The van der Waals surface area contributed by atoms with Crippen molar-refractivity contribution in [2.75, 3.05) is 4.72 Å². The molecule has 3 aromatic heterocycles. The van der Waals surface area contributed by atoms with Gasteiger partial charge in [-0.05, 0) is 48.4 Å². The Balaban J connectivity index is 1.51. The van der Waals surface area contributed by atoms with Gasteiger partial charge in [-0.25, -0.2) is 18.1 Å². The molecule has 5 rings (SSSR count). The van der Waals surface area contributed by atoms with Crippen LogP contribution in [0.1, 0.15) is 36.8 Å². The second kappa shape index (κ2) is 6.94. The highest BCUT2D eigenvalue weighted by Gasteiger charge is 2.25. The van der Waals surface area contributed by atoms with Crippen molar-refractivity contribution in [3.8, 4) is 5.82 Å². The van der Waals surface area contributed by atoms with E-state index in [0.29, 0.717) is 23.8 Å². The molecule has 1 aliphatic carbocycles. The van der Waals surface area contributed by atoms with Crippen LogP contribution >= 0.6 is 0 Å². The Morgan fingerprint density at radius 3 is 2.77 bits per heavy atom. The minimum absolute atomic E-state index is 0.0855. The van der Waals surface area contributed by atoms with Gasteiger partial charge in [0.1, 0.15) is 4.90 Å². The quantitative estimate of drug-likeness (QED) is 0.514. The lowest BCUT2D eigenvalue weighted by Gasteiger charge is -2.13. The summed E-state index contributed by atoms with van der Waals surface area (Å²) >= 11 is 0. The van der Waals surface area contributed by atoms with Crippen LogP contribution in [0.25, 0.3) is 16.7 Å². The van der Waals surface area contributed by atoms with Gasteiger partial charge in [0.2, 0.25) is 0 Å².